The second kappa shape index (κ2) is 12.8. The first-order chi connectivity index (χ1) is 18.2. The number of nitrogens with one attached hydrogen (secondary N) is 1. The predicted octanol–water partition coefficient (Wildman–Crippen LogP) is 6.63. The second-order valence-electron chi connectivity index (χ2n) is 9.58. The van der Waals surface area contributed by atoms with Gasteiger partial charge in [0.2, 0.25) is 0 Å². The van der Waals surface area contributed by atoms with E-state index in [1.54, 1.807) is 12.1 Å². The van der Waals surface area contributed by atoms with E-state index in [4.69, 9.17) is 14.2 Å². The molecule has 2 atom stereocenters. The van der Waals surface area contributed by atoms with E-state index in [2.05, 4.69) is 72.0 Å². The highest BCUT2D eigenvalue weighted by Gasteiger charge is 2.27. The molecule has 0 saturated carbocycles. The van der Waals surface area contributed by atoms with Crippen LogP contribution in [0.15, 0.2) is 91.0 Å². The van der Waals surface area contributed by atoms with Gasteiger partial charge in [0, 0.05) is 18.9 Å². The molecule has 1 N–H and O–H groups in total. The van der Waals surface area contributed by atoms with Crippen molar-refractivity contribution in [2.75, 3.05) is 26.3 Å². The lowest BCUT2D eigenvalue weighted by Crippen LogP contribution is -2.40. The summed E-state index contributed by atoms with van der Waals surface area (Å²) < 4.78 is 30.8. The van der Waals surface area contributed by atoms with Crippen molar-refractivity contribution in [3.05, 3.63) is 114 Å². The zero-order chi connectivity index (χ0) is 25.3. The Morgan fingerprint density at radius 1 is 0.784 bits per heavy atom. The summed E-state index contributed by atoms with van der Waals surface area (Å²) in [5.41, 5.74) is 3.69. The molecule has 4 nitrogen and oxygen atoms in total. The van der Waals surface area contributed by atoms with Crippen LogP contribution >= 0.6 is 0 Å². The highest BCUT2D eigenvalue weighted by atomic mass is 19.1. The molecule has 4 aromatic carbocycles. The van der Waals surface area contributed by atoms with Crippen LogP contribution in [0.2, 0.25) is 0 Å². The van der Waals surface area contributed by atoms with Crippen molar-refractivity contribution < 1.29 is 18.6 Å². The summed E-state index contributed by atoms with van der Waals surface area (Å²) in [6.45, 7) is 4.21. The second-order valence-corrected chi connectivity index (χ2v) is 9.58. The SMILES string of the molecule is Fc1ccc(OCCCOCc2ccc(C3CCNCC3OCc3ccc4ccccc4c3)cc2)cc1. The lowest BCUT2D eigenvalue weighted by molar-refractivity contribution is 0.0106. The minimum absolute atomic E-state index is 0.142. The number of fused-ring (bicyclic) bond motifs is 1. The van der Waals surface area contributed by atoms with Gasteiger partial charge in [-0.2, -0.15) is 0 Å². The predicted molar refractivity (Wildman–Crippen MR) is 145 cm³/mol. The largest absolute Gasteiger partial charge is 0.494 e. The highest BCUT2D eigenvalue weighted by Crippen LogP contribution is 2.29. The van der Waals surface area contributed by atoms with Crippen LogP contribution < -0.4 is 10.1 Å². The lowest BCUT2D eigenvalue weighted by Gasteiger charge is -2.32. The van der Waals surface area contributed by atoms with Gasteiger partial charge in [-0.3, -0.25) is 0 Å². The minimum atomic E-state index is -0.258. The maximum absolute atomic E-state index is 12.9. The topological polar surface area (TPSA) is 39.7 Å². The summed E-state index contributed by atoms with van der Waals surface area (Å²) in [6, 6.07) is 29.8. The van der Waals surface area contributed by atoms with Gasteiger partial charge in [-0.05, 0) is 70.8 Å². The summed E-state index contributed by atoms with van der Waals surface area (Å²) in [5.74, 6) is 0.792. The molecule has 192 valence electrons. The molecule has 5 heteroatoms. The molecule has 1 saturated heterocycles. The van der Waals surface area contributed by atoms with E-state index in [-0.39, 0.29) is 11.9 Å². The van der Waals surface area contributed by atoms with Crippen LogP contribution in [0.3, 0.4) is 0 Å². The zero-order valence-corrected chi connectivity index (χ0v) is 21.1. The molecule has 1 fully saturated rings. The first-order valence-corrected chi connectivity index (χ1v) is 13.1. The van der Waals surface area contributed by atoms with Crippen LogP contribution in [0.1, 0.15) is 35.4 Å². The normalized spacial score (nSPS) is 17.6. The molecule has 0 spiro atoms. The number of rotatable bonds is 11. The summed E-state index contributed by atoms with van der Waals surface area (Å²) >= 11 is 0. The van der Waals surface area contributed by atoms with Gasteiger partial charge in [-0.15, -0.1) is 0 Å². The zero-order valence-electron chi connectivity index (χ0n) is 21.1. The third-order valence-corrected chi connectivity index (χ3v) is 6.90. The number of halogens is 1. The van der Waals surface area contributed by atoms with Gasteiger partial charge in [0.25, 0.3) is 0 Å². The molecular weight excluding hydrogens is 465 g/mol. The van der Waals surface area contributed by atoms with Gasteiger partial charge in [0.05, 0.1) is 32.5 Å². The molecule has 0 amide bonds. The molecular formula is C32H34FNO3. The van der Waals surface area contributed by atoms with Crippen LogP contribution in [0.5, 0.6) is 5.75 Å². The molecule has 1 aliphatic heterocycles. The minimum Gasteiger partial charge on any atom is -0.494 e. The van der Waals surface area contributed by atoms with Crippen LogP contribution in [0.25, 0.3) is 10.8 Å². The summed E-state index contributed by atoms with van der Waals surface area (Å²) in [7, 11) is 0. The molecule has 37 heavy (non-hydrogen) atoms. The van der Waals surface area contributed by atoms with Gasteiger partial charge < -0.3 is 19.5 Å². The molecule has 0 radical (unpaired) electrons. The average molecular weight is 500 g/mol. The lowest BCUT2D eigenvalue weighted by atomic mass is 9.87. The van der Waals surface area contributed by atoms with E-state index in [9.17, 15) is 4.39 Å². The summed E-state index contributed by atoms with van der Waals surface area (Å²) in [6.07, 6.45) is 1.98. The number of piperidine rings is 1. The Labute approximate surface area is 218 Å². The van der Waals surface area contributed by atoms with Gasteiger partial charge in [-0.1, -0.05) is 60.7 Å². The highest BCUT2D eigenvalue weighted by molar-refractivity contribution is 5.82. The average Bonchev–Trinajstić information content (AvgIpc) is 2.95. The van der Waals surface area contributed by atoms with E-state index >= 15 is 0 Å². The standard InChI is InChI=1S/C32H34FNO3/c33-29-12-14-30(15-13-29)36-19-3-18-35-22-24-6-10-27(11-7-24)31-16-17-34-21-32(31)37-23-25-8-9-26-4-1-2-5-28(26)20-25/h1-2,4-15,20,31-32,34H,3,16-19,21-23H2. The first kappa shape index (κ1) is 25.4. The van der Waals surface area contributed by atoms with Gasteiger partial charge in [0.15, 0.2) is 0 Å². The molecule has 1 aliphatic rings. The van der Waals surface area contributed by atoms with E-state index in [1.165, 1.54) is 34.0 Å². The van der Waals surface area contributed by atoms with Gasteiger partial charge >= 0.3 is 0 Å². The fraction of sp³-hybridized carbons (Fsp3) is 0.312. The van der Waals surface area contributed by atoms with Crippen LogP contribution in [0.4, 0.5) is 4.39 Å². The third-order valence-electron chi connectivity index (χ3n) is 6.90. The Morgan fingerprint density at radius 3 is 2.41 bits per heavy atom. The van der Waals surface area contributed by atoms with Crippen LogP contribution in [-0.2, 0) is 22.7 Å². The van der Waals surface area contributed by atoms with Gasteiger partial charge in [-0.25, -0.2) is 4.39 Å². The quantitative estimate of drug-likeness (QED) is 0.235. The van der Waals surface area contributed by atoms with Crippen LogP contribution in [-0.4, -0.2) is 32.4 Å². The van der Waals surface area contributed by atoms with Gasteiger partial charge in [0.1, 0.15) is 11.6 Å². The maximum atomic E-state index is 12.9. The Kier molecular flexibility index (Phi) is 8.80. The van der Waals surface area contributed by atoms with Crippen molar-refractivity contribution in [3.63, 3.8) is 0 Å². The number of benzene rings is 4. The van der Waals surface area contributed by atoms with Crippen LogP contribution in [0, 0.1) is 5.82 Å². The van der Waals surface area contributed by atoms with Crippen molar-refractivity contribution in [1.82, 2.24) is 5.32 Å². The van der Waals surface area contributed by atoms with Crippen molar-refractivity contribution in [2.45, 2.75) is 38.1 Å². The molecule has 1 heterocycles. The van der Waals surface area contributed by atoms with Crippen molar-refractivity contribution in [3.8, 4) is 5.75 Å². The molecule has 0 aromatic heterocycles. The molecule has 5 rings (SSSR count). The van der Waals surface area contributed by atoms with E-state index < -0.39 is 0 Å². The number of hydrogen-bond donors (Lipinski definition) is 1. The Bertz CT molecular complexity index is 1260. The molecule has 2 unspecified atom stereocenters. The van der Waals surface area contributed by atoms with E-state index in [0.717, 1.165) is 31.5 Å². The Hall–Kier alpha value is -3.25. The summed E-state index contributed by atoms with van der Waals surface area (Å²) in [4.78, 5) is 0. The Balaban J connectivity index is 1.08. The third kappa shape index (κ3) is 7.16. The number of hydrogen-bond acceptors (Lipinski definition) is 4. The fourth-order valence-corrected chi connectivity index (χ4v) is 4.85. The molecule has 0 aliphatic carbocycles. The van der Waals surface area contributed by atoms with E-state index in [0.29, 0.717) is 38.1 Å². The molecule has 0 bridgehead atoms. The Morgan fingerprint density at radius 2 is 1.57 bits per heavy atom. The fourth-order valence-electron chi connectivity index (χ4n) is 4.85. The van der Waals surface area contributed by atoms with Crippen molar-refractivity contribution in [2.24, 2.45) is 0 Å². The monoisotopic (exact) mass is 499 g/mol. The first-order valence-electron chi connectivity index (χ1n) is 13.1. The molecule has 4 aromatic rings. The maximum Gasteiger partial charge on any atom is 0.123 e. The smallest absolute Gasteiger partial charge is 0.123 e. The number of ether oxygens (including phenoxy) is 3. The van der Waals surface area contributed by atoms with Crippen molar-refractivity contribution in [1.29, 1.82) is 0 Å². The van der Waals surface area contributed by atoms with E-state index in [1.807, 2.05) is 0 Å². The van der Waals surface area contributed by atoms with Crippen molar-refractivity contribution >= 4 is 10.8 Å². The summed E-state index contributed by atoms with van der Waals surface area (Å²) in [5, 5.41) is 6.00.